The van der Waals surface area contributed by atoms with Crippen LogP contribution in [0.15, 0.2) is 59.6 Å². The minimum absolute atomic E-state index is 0.133. The first-order chi connectivity index (χ1) is 10.8. The zero-order valence-corrected chi connectivity index (χ0v) is 11.9. The number of aliphatic imine (C=N–C) groups is 1. The van der Waals surface area contributed by atoms with Crippen LogP contribution in [-0.2, 0) is 16.0 Å². The summed E-state index contributed by atoms with van der Waals surface area (Å²) in [4.78, 5) is 18.7. The second kappa shape index (κ2) is 5.15. The number of cyclic esters (lactones) is 1. The molecule has 0 bridgehead atoms. The molecule has 0 fully saturated rings. The lowest BCUT2D eigenvalue weighted by Crippen LogP contribution is -2.07. The van der Waals surface area contributed by atoms with Crippen molar-refractivity contribution in [1.82, 2.24) is 4.98 Å². The fourth-order valence-corrected chi connectivity index (χ4v) is 2.75. The van der Waals surface area contributed by atoms with E-state index in [-0.39, 0.29) is 12.5 Å². The number of H-pyrrole nitrogens is 1. The maximum Gasteiger partial charge on any atom is 0.334 e. The fraction of sp³-hybridized carbons (Fsp3) is 0.111. The van der Waals surface area contributed by atoms with Crippen LogP contribution in [0.5, 0.6) is 0 Å². The van der Waals surface area contributed by atoms with Gasteiger partial charge in [0.25, 0.3) is 0 Å². The van der Waals surface area contributed by atoms with Crippen molar-refractivity contribution in [3.05, 3.63) is 60.2 Å². The van der Waals surface area contributed by atoms with Crippen LogP contribution in [0.2, 0.25) is 0 Å². The maximum absolute atomic E-state index is 11.2. The van der Waals surface area contributed by atoms with Crippen LogP contribution in [-0.4, -0.2) is 23.4 Å². The van der Waals surface area contributed by atoms with Crippen LogP contribution in [0, 0.1) is 0 Å². The molecule has 2 aromatic carbocycles. The molecule has 4 nitrogen and oxygen atoms in total. The molecule has 3 aromatic rings. The molecule has 1 aliphatic heterocycles. The van der Waals surface area contributed by atoms with Crippen LogP contribution in [0.3, 0.4) is 0 Å². The van der Waals surface area contributed by atoms with E-state index in [1.807, 2.05) is 36.4 Å². The Morgan fingerprint density at radius 1 is 1.09 bits per heavy atom. The highest BCUT2D eigenvalue weighted by Crippen LogP contribution is 2.27. The number of rotatable bonds is 3. The van der Waals surface area contributed by atoms with Gasteiger partial charge in [-0.25, -0.2) is 9.79 Å². The third-order valence-corrected chi connectivity index (χ3v) is 3.80. The van der Waals surface area contributed by atoms with Crippen molar-refractivity contribution in [1.29, 1.82) is 0 Å². The number of carbonyl (C=O) groups excluding carboxylic acids is 1. The molecule has 0 saturated heterocycles. The molecule has 2 heterocycles. The van der Waals surface area contributed by atoms with Crippen LogP contribution in [0.25, 0.3) is 22.2 Å². The Labute approximate surface area is 127 Å². The number of ether oxygens (including phenoxy) is 1. The Hall–Kier alpha value is -2.88. The number of nitrogens with zero attached hydrogens (tertiary/aromatic N) is 1. The van der Waals surface area contributed by atoms with Gasteiger partial charge in [-0.2, -0.15) is 0 Å². The summed E-state index contributed by atoms with van der Waals surface area (Å²) in [6.45, 7) is 0.133. The number of fused-ring (bicyclic) bond motifs is 1. The van der Waals surface area contributed by atoms with Crippen molar-refractivity contribution >= 4 is 22.8 Å². The quantitative estimate of drug-likeness (QED) is 0.752. The monoisotopic (exact) mass is 290 g/mol. The van der Waals surface area contributed by atoms with E-state index in [9.17, 15) is 4.79 Å². The van der Waals surface area contributed by atoms with Gasteiger partial charge in [0.15, 0.2) is 5.90 Å². The van der Waals surface area contributed by atoms with Gasteiger partial charge in [-0.1, -0.05) is 42.5 Å². The fourth-order valence-electron chi connectivity index (χ4n) is 2.75. The highest BCUT2D eigenvalue weighted by molar-refractivity contribution is 5.98. The van der Waals surface area contributed by atoms with E-state index < -0.39 is 0 Å². The van der Waals surface area contributed by atoms with Gasteiger partial charge in [0.05, 0.1) is 0 Å². The first-order valence-electron chi connectivity index (χ1n) is 7.19. The topological polar surface area (TPSA) is 54.5 Å². The third kappa shape index (κ3) is 2.29. The Balaban J connectivity index is 1.74. The molecule has 4 rings (SSSR count). The zero-order chi connectivity index (χ0) is 14.9. The molecular formula is C18H14N2O2. The number of carbonyl (C=O) groups is 1. The van der Waals surface area contributed by atoms with Crippen molar-refractivity contribution in [2.45, 2.75) is 6.42 Å². The van der Waals surface area contributed by atoms with E-state index in [1.54, 1.807) is 0 Å². The van der Waals surface area contributed by atoms with Gasteiger partial charge >= 0.3 is 5.97 Å². The average molecular weight is 290 g/mol. The Bertz CT molecular complexity index is 878. The minimum atomic E-state index is -0.277. The molecule has 1 aromatic heterocycles. The highest BCUT2D eigenvalue weighted by atomic mass is 16.6. The highest BCUT2D eigenvalue weighted by Gasteiger charge is 2.17. The first kappa shape index (κ1) is 12.8. The molecule has 1 N–H and O–H groups in total. The van der Waals surface area contributed by atoms with Crippen LogP contribution < -0.4 is 0 Å². The standard InChI is InChI=1S/C18H14N2O2/c21-18-11-19-17(22-18)9-13-7-4-8-15-14(13)10-16(20-15)12-5-2-1-3-6-12/h1-8,10,20H,9,11H2. The summed E-state index contributed by atoms with van der Waals surface area (Å²) in [5, 5.41) is 1.13. The molecular weight excluding hydrogens is 276 g/mol. The number of aromatic nitrogens is 1. The molecule has 0 atom stereocenters. The van der Waals surface area contributed by atoms with Gasteiger partial charge in [-0.05, 0) is 23.3 Å². The summed E-state index contributed by atoms with van der Waals surface area (Å²) in [5.74, 6) is 0.223. The molecule has 0 saturated carbocycles. The second-order valence-corrected chi connectivity index (χ2v) is 5.29. The normalized spacial score (nSPS) is 14.2. The van der Waals surface area contributed by atoms with E-state index in [0.717, 1.165) is 27.7 Å². The molecule has 22 heavy (non-hydrogen) atoms. The summed E-state index contributed by atoms with van der Waals surface area (Å²) >= 11 is 0. The van der Waals surface area contributed by atoms with Crippen molar-refractivity contribution in [2.75, 3.05) is 6.54 Å². The molecule has 0 spiro atoms. The van der Waals surface area contributed by atoms with Gasteiger partial charge < -0.3 is 9.72 Å². The van der Waals surface area contributed by atoms with E-state index in [4.69, 9.17) is 4.74 Å². The van der Waals surface area contributed by atoms with Gasteiger partial charge in [0, 0.05) is 23.0 Å². The molecule has 108 valence electrons. The summed E-state index contributed by atoms with van der Waals surface area (Å²) in [6, 6.07) is 18.4. The van der Waals surface area contributed by atoms with Crippen molar-refractivity contribution < 1.29 is 9.53 Å². The number of nitrogens with one attached hydrogen (secondary N) is 1. The van der Waals surface area contributed by atoms with Crippen LogP contribution >= 0.6 is 0 Å². The van der Waals surface area contributed by atoms with Crippen molar-refractivity contribution in [2.24, 2.45) is 4.99 Å². The maximum atomic E-state index is 11.2. The number of hydrogen-bond donors (Lipinski definition) is 1. The first-order valence-corrected chi connectivity index (χ1v) is 7.19. The van der Waals surface area contributed by atoms with E-state index in [0.29, 0.717) is 12.3 Å². The van der Waals surface area contributed by atoms with Crippen LogP contribution in [0.4, 0.5) is 0 Å². The zero-order valence-electron chi connectivity index (χ0n) is 11.9. The number of esters is 1. The van der Waals surface area contributed by atoms with Gasteiger partial charge in [0.1, 0.15) is 6.54 Å². The minimum Gasteiger partial charge on any atom is -0.410 e. The Morgan fingerprint density at radius 2 is 1.95 bits per heavy atom. The molecule has 0 aliphatic carbocycles. The van der Waals surface area contributed by atoms with Crippen LogP contribution in [0.1, 0.15) is 5.56 Å². The summed E-state index contributed by atoms with van der Waals surface area (Å²) in [5.41, 5.74) is 4.40. The lowest BCUT2D eigenvalue weighted by Gasteiger charge is -2.02. The van der Waals surface area contributed by atoms with Gasteiger partial charge in [-0.3, -0.25) is 0 Å². The summed E-state index contributed by atoms with van der Waals surface area (Å²) in [7, 11) is 0. The second-order valence-electron chi connectivity index (χ2n) is 5.29. The van der Waals surface area contributed by atoms with Crippen molar-refractivity contribution in [3.8, 4) is 11.3 Å². The lowest BCUT2D eigenvalue weighted by molar-refractivity contribution is -0.132. The molecule has 0 radical (unpaired) electrons. The average Bonchev–Trinajstić information content (AvgIpc) is 3.15. The SMILES string of the molecule is O=C1CN=C(Cc2cccc3[nH]c(-c4ccccc4)cc23)O1. The third-order valence-electron chi connectivity index (χ3n) is 3.80. The van der Waals surface area contributed by atoms with E-state index >= 15 is 0 Å². The van der Waals surface area contributed by atoms with Crippen molar-refractivity contribution in [3.63, 3.8) is 0 Å². The summed E-state index contributed by atoms with van der Waals surface area (Å²) < 4.78 is 5.11. The van der Waals surface area contributed by atoms with E-state index in [2.05, 4.69) is 28.2 Å². The number of aromatic amines is 1. The molecule has 0 unspecified atom stereocenters. The molecule has 4 heteroatoms. The lowest BCUT2D eigenvalue weighted by atomic mass is 10.1. The smallest absolute Gasteiger partial charge is 0.334 e. The van der Waals surface area contributed by atoms with Gasteiger partial charge in [0.2, 0.25) is 0 Å². The predicted octanol–water partition coefficient (Wildman–Crippen LogP) is 3.33. The molecule has 1 aliphatic rings. The molecule has 0 amide bonds. The summed E-state index contributed by atoms with van der Waals surface area (Å²) in [6.07, 6.45) is 0.537. The predicted molar refractivity (Wildman–Crippen MR) is 85.8 cm³/mol. The number of benzene rings is 2. The van der Waals surface area contributed by atoms with E-state index in [1.165, 1.54) is 0 Å². The number of hydrogen-bond acceptors (Lipinski definition) is 3. The largest absolute Gasteiger partial charge is 0.410 e. The van der Waals surface area contributed by atoms with Gasteiger partial charge in [-0.15, -0.1) is 0 Å². The Morgan fingerprint density at radius 3 is 2.73 bits per heavy atom. The Kier molecular flexibility index (Phi) is 3.00.